The molecule has 0 aliphatic carbocycles. The van der Waals surface area contributed by atoms with Gasteiger partial charge >= 0.3 is 0 Å². The highest BCUT2D eigenvalue weighted by Gasteiger charge is 2.08. The largest absolute Gasteiger partial charge is 0.340 e. The smallest absolute Gasteiger partial charge is 0.247 e. The Labute approximate surface area is 172 Å². The van der Waals surface area contributed by atoms with E-state index in [1.807, 2.05) is 56.3 Å². The van der Waals surface area contributed by atoms with Crippen LogP contribution in [-0.4, -0.2) is 15.9 Å². The van der Waals surface area contributed by atoms with Crippen molar-refractivity contribution in [3.63, 3.8) is 0 Å². The van der Waals surface area contributed by atoms with Crippen molar-refractivity contribution in [3.8, 4) is 0 Å². The summed E-state index contributed by atoms with van der Waals surface area (Å²) in [6.07, 6.45) is 2.99. The molecule has 0 atom stereocenters. The number of hydrogen-bond acceptors (Lipinski definition) is 5. The third-order valence-corrected chi connectivity index (χ3v) is 4.49. The molecule has 0 spiro atoms. The summed E-state index contributed by atoms with van der Waals surface area (Å²) < 4.78 is 0.983. The van der Waals surface area contributed by atoms with Crippen LogP contribution in [0, 0.1) is 13.8 Å². The van der Waals surface area contributed by atoms with Crippen LogP contribution < -0.4 is 16.0 Å². The normalized spacial score (nSPS) is 10.2. The van der Waals surface area contributed by atoms with E-state index in [1.165, 1.54) is 6.08 Å². The summed E-state index contributed by atoms with van der Waals surface area (Å²) in [6, 6.07) is 13.4. The van der Waals surface area contributed by atoms with E-state index in [0.29, 0.717) is 17.5 Å². The molecule has 7 heteroatoms. The molecule has 1 heterocycles. The minimum atomic E-state index is -0.262. The van der Waals surface area contributed by atoms with Crippen LogP contribution in [0.5, 0.6) is 0 Å². The quantitative estimate of drug-likeness (QED) is 0.445. The Bertz CT molecular complexity index is 1040. The second-order valence-corrected chi connectivity index (χ2v) is 7.12. The van der Waals surface area contributed by atoms with Crippen LogP contribution in [-0.2, 0) is 4.79 Å². The molecule has 0 saturated heterocycles. The highest BCUT2D eigenvalue weighted by atomic mass is 79.9. The first-order valence-electron chi connectivity index (χ1n) is 8.62. The summed E-state index contributed by atoms with van der Waals surface area (Å²) in [5.74, 6) is 0.907. The Morgan fingerprint density at radius 2 is 1.89 bits per heavy atom. The summed E-state index contributed by atoms with van der Waals surface area (Å²) in [6.45, 7) is 7.38. The number of carbonyl (C=O) groups is 1. The lowest BCUT2D eigenvalue weighted by Crippen LogP contribution is -2.08. The predicted molar refractivity (Wildman–Crippen MR) is 117 cm³/mol. The maximum absolute atomic E-state index is 11.5. The molecule has 0 bridgehead atoms. The van der Waals surface area contributed by atoms with Gasteiger partial charge in [-0.2, -0.15) is 4.98 Å². The van der Waals surface area contributed by atoms with Gasteiger partial charge in [-0.05, 0) is 55.8 Å². The highest BCUT2D eigenvalue weighted by molar-refractivity contribution is 9.10. The highest BCUT2D eigenvalue weighted by Crippen LogP contribution is 2.25. The minimum absolute atomic E-state index is 0.262. The fourth-order valence-corrected chi connectivity index (χ4v) is 2.88. The lowest BCUT2D eigenvalue weighted by molar-refractivity contribution is -0.111. The zero-order valence-electron chi connectivity index (χ0n) is 15.6. The van der Waals surface area contributed by atoms with Gasteiger partial charge in [0.1, 0.15) is 5.82 Å². The van der Waals surface area contributed by atoms with Gasteiger partial charge in [-0.3, -0.25) is 4.79 Å². The van der Waals surface area contributed by atoms with Gasteiger partial charge in [0, 0.05) is 33.3 Å². The van der Waals surface area contributed by atoms with Crippen molar-refractivity contribution in [3.05, 3.63) is 76.9 Å². The topological polar surface area (TPSA) is 78.9 Å². The lowest BCUT2D eigenvalue weighted by atomic mass is 10.2. The van der Waals surface area contributed by atoms with E-state index >= 15 is 0 Å². The number of nitrogens with one attached hydrogen (secondary N) is 3. The van der Waals surface area contributed by atoms with E-state index in [4.69, 9.17) is 0 Å². The number of benzene rings is 2. The van der Waals surface area contributed by atoms with Crippen molar-refractivity contribution in [2.75, 3.05) is 16.0 Å². The summed E-state index contributed by atoms with van der Waals surface area (Å²) in [7, 11) is 0. The number of aromatic nitrogens is 2. The number of halogens is 1. The zero-order valence-corrected chi connectivity index (χ0v) is 17.2. The summed E-state index contributed by atoms with van der Waals surface area (Å²) in [5.41, 5.74) is 4.32. The Morgan fingerprint density at radius 1 is 1.07 bits per heavy atom. The van der Waals surface area contributed by atoms with Crippen LogP contribution in [0.3, 0.4) is 0 Å². The van der Waals surface area contributed by atoms with Gasteiger partial charge < -0.3 is 16.0 Å². The maximum atomic E-state index is 11.5. The Hall–Kier alpha value is -3.19. The average Bonchev–Trinajstić information content (AvgIpc) is 2.67. The fraction of sp³-hybridized carbons (Fsp3) is 0.0952. The molecule has 0 fully saturated rings. The number of aryl methyl sites for hydroxylation is 2. The Kier molecular flexibility index (Phi) is 6.06. The van der Waals surface area contributed by atoms with Crippen molar-refractivity contribution in [2.45, 2.75) is 13.8 Å². The van der Waals surface area contributed by atoms with E-state index in [9.17, 15) is 4.79 Å². The summed E-state index contributed by atoms with van der Waals surface area (Å²) in [5, 5.41) is 9.28. The second-order valence-electron chi connectivity index (χ2n) is 6.21. The number of nitrogens with zero attached hydrogens (tertiary/aromatic N) is 2. The van der Waals surface area contributed by atoms with Gasteiger partial charge in [0.2, 0.25) is 11.9 Å². The van der Waals surface area contributed by atoms with Gasteiger partial charge in [-0.25, -0.2) is 4.98 Å². The molecule has 0 unspecified atom stereocenters. The molecule has 2 aromatic carbocycles. The van der Waals surface area contributed by atoms with E-state index in [-0.39, 0.29) is 5.91 Å². The van der Waals surface area contributed by atoms with Gasteiger partial charge in [-0.15, -0.1) is 0 Å². The average molecular weight is 438 g/mol. The molecule has 1 amide bonds. The van der Waals surface area contributed by atoms with Crippen LogP contribution in [0.4, 0.5) is 28.8 Å². The SMILES string of the molecule is C=CC(=O)Nc1ccc(C)c(Nc2ncc(C)c(Nc3cccc(Br)c3)n2)c1. The standard InChI is InChI=1S/C21H20BrN5O/c1-4-19(28)24-17-9-8-13(2)18(11-17)26-21-23-12-14(3)20(27-21)25-16-7-5-6-15(22)10-16/h4-12H,1H2,2-3H3,(H,24,28)(H2,23,25,26,27). The fourth-order valence-electron chi connectivity index (χ4n) is 2.48. The van der Waals surface area contributed by atoms with Crippen LogP contribution in [0.2, 0.25) is 0 Å². The van der Waals surface area contributed by atoms with Crippen LogP contribution in [0.1, 0.15) is 11.1 Å². The molecule has 0 aliphatic heterocycles. The van der Waals surface area contributed by atoms with Crippen LogP contribution in [0.15, 0.2) is 65.8 Å². The third-order valence-electron chi connectivity index (χ3n) is 4.00. The lowest BCUT2D eigenvalue weighted by Gasteiger charge is -2.13. The van der Waals surface area contributed by atoms with E-state index in [0.717, 1.165) is 27.0 Å². The molecule has 6 nitrogen and oxygen atoms in total. The van der Waals surface area contributed by atoms with Crippen molar-refractivity contribution >= 4 is 50.7 Å². The first-order chi connectivity index (χ1) is 13.4. The number of hydrogen-bond donors (Lipinski definition) is 3. The molecule has 3 N–H and O–H groups in total. The number of amides is 1. The maximum Gasteiger partial charge on any atom is 0.247 e. The second kappa shape index (κ2) is 8.67. The molecular formula is C21H20BrN5O. The zero-order chi connectivity index (χ0) is 20.1. The monoisotopic (exact) mass is 437 g/mol. The number of rotatable bonds is 6. The number of anilines is 5. The first kappa shape index (κ1) is 19.6. The van der Waals surface area contributed by atoms with Gasteiger partial charge in [0.25, 0.3) is 0 Å². The Balaban J connectivity index is 1.84. The molecule has 0 radical (unpaired) electrons. The molecule has 3 aromatic rings. The van der Waals surface area contributed by atoms with Crippen molar-refractivity contribution in [2.24, 2.45) is 0 Å². The molecule has 3 rings (SSSR count). The van der Waals surface area contributed by atoms with Crippen molar-refractivity contribution < 1.29 is 4.79 Å². The summed E-state index contributed by atoms with van der Waals surface area (Å²) >= 11 is 3.47. The minimum Gasteiger partial charge on any atom is -0.340 e. The molecule has 0 saturated carbocycles. The summed E-state index contributed by atoms with van der Waals surface area (Å²) in [4.78, 5) is 20.5. The van der Waals surface area contributed by atoms with E-state index in [2.05, 4.69) is 48.4 Å². The van der Waals surface area contributed by atoms with Gasteiger partial charge in [0.15, 0.2) is 0 Å². The molecule has 0 aliphatic rings. The van der Waals surface area contributed by atoms with Gasteiger partial charge in [0.05, 0.1) is 0 Å². The molecule has 142 valence electrons. The van der Waals surface area contributed by atoms with Gasteiger partial charge in [-0.1, -0.05) is 34.6 Å². The predicted octanol–water partition coefficient (Wildman–Crippen LogP) is 5.47. The van der Waals surface area contributed by atoms with Crippen molar-refractivity contribution in [1.29, 1.82) is 0 Å². The van der Waals surface area contributed by atoms with Crippen LogP contribution >= 0.6 is 15.9 Å². The van der Waals surface area contributed by atoms with Crippen LogP contribution in [0.25, 0.3) is 0 Å². The molecule has 1 aromatic heterocycles. The van der Waals surface area contributed by atoms with E-state index < -0.39 is 0 Å². The van der Waals surface area contributed by atoms with Crippen molar-refractivity contribution in [1.82, 2.24) is 9.97 Å². The number of carbonyl (C=O) groups excluding carboxylic acids is 1. The Morgan fingerprint density at radius 3 is 2.64 bits per heavy atom. The first-order valence-corrected chi connectivity index (χ1v) is 9.41. The molecule has 28 heavy (non-hydrogen) atoms. The van der Waals surface area contributed by atoms with E-state index in [1.54, 1.807) is 6.20 Å². The third kappa shape index (κ3) is 4.95. The molecular weight excluding hydrogens is 418 g/mol.